The molecule has 1 aromatic carbocycles. The number of amides is 3. The number of hydrogen-bond donors (Lipinski definition) is 3. The molecule has 1 atom stereocenters. The fourth-order valence-corrected chi connectivity index (χ4v) is 5.32. The lowest BCUT2D eigenvalue weighted by Crippen LogP contribution is -2.44. The number of aliphatic imine (C=N–C) groups is 1. The van der Waals surface area contributed by atoms with Gasteiger partial charge in [-0.15, -0.1) is 0 Å². The molecule has 0 saturated heterocycles. The van der Waals surface area contributed by atoms with Gasteiger partial charge in [-0.1, -0.05) is 12.6 Å². The number of carbonyl (C=O) groups excluding carboxylic acids is 3. The number of para-hydroxylation sites is 1. The van der Waals surface area contributed by atoms with E-state index >= 15 is 0 Å². The standard InChI is InChI=1S/C32H39N9O4/c1-6-27(42)35-25(13-15-39(3)4)30(44)36-23-11-10-12-24-28(23)41-14-8-7-9-16-45-31-22(19-33-40(31)5)26-18-21(17-20(2)34-26)29(43)38-32(41)37-24/h6,10-12,17-19,25H,1,7-9,13-16H2,2-5H3,(H,35,42)(H,36,44)(H,37,38,43). The lowest BCUT2D eigenvalue weighted by Gasteiger charge is -2.23. The van der Waals surface area contributed by atoms with Crippen molar-refractivity contribution in [2.45, 2.75) is 38.6 Å². The molecule has 0 radical (unpaired) electrons. The summed E-state index contributed by atoms with van der Waals surface area (Å²) in [6, 6.07) is 8.12. The topological polar surface area (TPSA) is 146 Å². The van der Waals surface area contributed by atoms with Crippen molar-refractivity contribution in [3.8, 4) is 17.1 Å². The first-order chi connectivity index (χ1) is 21.6. The average Bonchev–Trinajstić information content (AvgIpc) is 3.55. The highest BCUT2D eigenvalue weighted by Crippen LogP contribution is 2.40. The SMILES string of the molecule is C=CC(=O)NC(CCN(C)C)C(=O)Nc1cccc2c1N1CCCCCOc3c(cnn3C)-c3cc(cc(C)n3)C(=O)/N=C/1N2. The molecular weight excluding hydrogens is 574 g/mol. The van der Waals surface area contributed by atoms with E-state index in [4.69, 9.17) is 4.74 Å². The average molecular weight is 614 g/mol. The molecule has 0 spiro atoms. The third-order valence-corrected chi connectivity index (χ3v) is 7.58. The molecule has 0 saturated carbocycles. The number of rotatable bonds is 7. The molecule has 2 aliphatic rings. The van der Waals surface area contributed by atoms with Gasteiger partial charge in [-0.05, 0) is 83.6 Å². The predicted octanol–water partition coefficient (Wildman–Crippen LogP) is 3.34. The van der Waals surface area contributed by atoms with Gasteiger partial charge in [0, 0.05) is 24.8 Å². The highest BCUT2D eigenvalue weighted by atomic mass is 16.5. The molecule has 3 N–H and O–H groups in total. The number of guanidine groups is 1. The molecule has 1 unspecified atom stereocenters. The van der Waals surface area contributed by atoms with Crippen LogP contribution in [0.25, 0.3) is 11.3 Å². The maximum absolute atomic E-state index is 13.6. The van der Waals surface area contributed by atoms with Crippen LogP contribution in [0.3, 0.4) is 0 Å². The Bertz CT molecular complexity index is 1650. The van der Waals surface area contributed by atoms with Gasteiger partial charge in [0.2, 0.25) is 23.7 Å². The number of ether oxygens (including phenoxy) is 1. The molecule has 13 nitrogen and oxygen atoms in total. The van der Waals surface area contributed by atoms with Crippen molar-refractivity contribution in [1.82, 2.24) is 25.0 Å². The molecule has 13 heteroatoms. The molecule has 5 rings (SSSR count). The van der Waals surface area contributed by atoms with Gasteiger partial charge in [-0.3, -0.25) is 19.4 Å². The van der Waals surface area contributed by atoms with Crippen LogP contribution in [-0.4, -0.2) is 83.2 Å². The van der Waals surface area contributed by atoms with Crippen LogP contribution in [-0.2, 0) is 16.6 Å². The van der Waals surface area contributed by atoms with Crippen LogP contribution >= 0.6 is 0 Å². The van der Waals surface area contributed by atoms with E-state index in [-0.39, 0.29) is 5.91 Å². The Morgan fingerprint density at radius 3 is 2.82 bits per heavy atom. The molecule has 0 aliphatic carbocycles. The number of nitrogens with zero attached hydrogens (tertiary/aromatic N) is 6. The minimum Gasteiger partial charge on any atom is -0.477 e. The Kier molecular flexibility index (Phi) is 9.57. The summed E-state index contributed by atoms with van der Waals surface area (Å²) in [5.41, 5.74) is 4.26. The molecule has 45 heavy (non-hydrogen) atoms. The second-order valence-electron chi connectivity index (χ2n) is 11.3. The highest BCUT2D eigenvalue weighted by molar-refractivity contribution is 6.22. The molecule has 4 heterocycles. The van der Waals surface area contributed by atoms with E-state index in [0.29, 0.717) is 77.5 Å². The number of fused-ring (bicyclic) bond motifs is 7. The number of carbonyl (C=O) groups is 3. The Balaban J connectivity index is 1.48. The van der Waals surface area contributed by atoms with Crippen LogP contribution < -0.4 is 25.6 Å². The Hall–Kier alpha value is -5.04. The Labute approximate surface area is 262 Å². The van der Waals surface area contributed by atoms with Gasteiger partial charge in [0.05, 0.1) is 41.1 Å². The second kappa shape index (κ2) is 13.7. The summed E-state index contributed by atoms with van der Waals surface area (Å²) in [4.78, 5) is 52.3. The van der Waals surface area contributed by atoms with E-state index in [9.17, 15) is 14.4 Å². The van der Waals surface area contributed by atoms with Crippen molar-refractivity contribution in [1.29, 1.82) is 0 Å². The van der Waals surface area contributed by atoms with Gasteiger partial charge >= 0.3 is 0 Å². The summed E-state index contributed by atoms with van der Waals surface area (Å²) in [5.74, 6) is -0.260. The molecular formula is C32H39N9O4. The van der Waals surface area contributed by atoms with E-state index in [0.717, 1.165) is 25.3 Å². The van der Waals surface area contributed by atoms with Crippen LogP contribution in [0, 0.1) is 6.92 Å². The third-order valence-electron chi connectivity index (χ3n) is 7.58. The second-order valence-corrected chi connectivity index (χ2v) is 11.3. The van der Waals surface area contributed by atoms with Gasteiger partial charge < -0.3 is 30.5 Å². The molecule has 2 bridgehead atoms. The number of nitrogens with one attached hydrogen (secondary N) is 3. The van der Waals surface area contributed by atoms with Crippen molar-refractivity contribution in [3.63, 3.8) is 0 Å². The molecule has 2 aliphatic heterocycles. The smallest absolute Gasteiger partial charge is 0.280 e. The maximum atomic E-state index is 13.6. The summed E-state index contributed by atoms with van der Waals surface area (Å²) in [5, 5.41) is 13.4. The van der Waals surface area contributed by atoms with E-state index in [1.54, 1.807) is 29.1 Å². The monoisotopic (exact) mass is 613 g/mol. The largest absolute Gasteiger partial charge is 0.477 e. The summed E-state index contributed by atoms with van der Waals surface area (Å²) in [6.07, 6.45) is 5.66. The number of pyridine rings is 1. The maximum Gasteiger partial charge on any atom is 0.280 e. The molecule has 0 fully saturated rings. The van der Waals surface area contributed by atoms with Crippen molar-refractivity contribution in [2.24, 2.45) is 12.0 Å². The van der Waals surface area contributed by atoms with Crippen LogP contribution in [0.1, 0.15) is 41.7 Å². The summed E-state index contributed by atoms with van der Waals surface area (Å²) >= 11 is 0. The van der Waals surface area contributed by atoms with E-state index in [1.165, 1.54) is 0 Å². The zero-order valence-corrected chi connectivity index (χ0v) is 26.1. The zero-order chi connectivity index (χ0) is 32.1. The van der Waals surface area contributed by atoms with Crippen LogP contribution in [0.15, 0.2) is 54.2 Å². The van der Waals surface area contributed by atoms with E-state index in [1.807, 2.05) is 50.0 Å². The number of hydrogen-bond acceptors (Lipinski definition) is 9. The van der Waals surface area contributed by atoms with E-state index < -0.39 is 17.9 Å². The van der Waals surface area contributed by atoms with Gasteiger partial charge in [-0.2, -0.15) is 10.1 Å². The van der Waals surface area contributed by atoms with Gasteiger partial charge in [0.15, 0.2) is 0 Å². The number of aromatic nitrogens is 3. The summed E-state index contributed by atoms with van der Waals surface area (Å²) in [6.45, 7) is 6.96. The highest BCUT2D eigenvalue weighted by Gasteiger charge is 2.31. The normalized spacial score (nSPS) is 16.4. The number of aryl methyl sites for hydroxylation is 2. The number of anilines is 3. The van der Waals surface area contributed by atoms with Crippen LogP contribution in [0.2, 0.25) is 0 Å². The minimum absolute atomic E-state index is 0.355. The van der Waals surface area contributed by atoms with Crippen molar-refractivity contribution < 1.29 is 19.1 Å². The van der Waals surface area contributed by atoms with Crippen molar-refractivity contribution in [2.75, 3.05) is 49.3 Å². The Morgan fingerprint density at radius 1 is 1.22 bits per heavy atom. The van der Waals surface area contributed by atoms with Gasteiger partial charge in [-0.25, -0.2) is 4.68 Å². The third kappa shape index (κ3) is 7.20. The first-order valence-corrected chi connectivity index (χ1v) is 15.0. The Morgan fingerprint density at radius 2 is 2.04 bits per heavy atom. The van der Waals surface area contributed by atoms with Crippen LogP contribution in [0.5, 0.6) is 5.88 Å². The lowest BCUT2D eigenvalue weighted by molar-refractivity contribution is -0.124. The van der Waals surface area contributed by atoms with Gasteiger partial charge in [0.1, 0.15) is 6.04 Å². The molecule has 3 amide bonds. The fourth-order valence-electron chi connectivity index (χ4n) is 5.32. The minimum atomic E-state index is -0.774. The summed E-state index contributed by atoms with van der Waals surface area (Å²) < 4.78 is 7.80. The predicted molar refractivity (Wildman–Crippen MR) is 174 cm³/mol. The molecule has 236 valence electrons. The molecule has 2 aromatic heterocycles. The van der Waals surface area contributed by atoms with Crippen LogP contribution in [0.4, 0.5) is 17.1 Å². The zero-order valence-electron chi connectivity index (χ0n) is 26.1. The lowest BCUT2D eigenvalue weighted by atomic mass is 10.1. The quantitative estimate of drug-likeness (QED) is 0.342. The van der Waals surface area contributed by atoms with E-state index in [2.05, 4.69) is 37.6 Å². The fraction of sp³-hybridized carbons (Fsp3) is 0.375. The molecule has 3 aromatic rings. The number of benzene rings is 1. The first-order valence-electron chi connectivity index (χ1n) is 15.0. The van der Waals surface area contributed by atoms with Crippen molar-refractivity contribution in [3.05, 3.63) is 60.4 Å². The summed E-state index contributed by atoms with van der Waals surface area (Å²) in [7, 11) is 5.62. The first kappa shape index (κ1) is 31.4. The van der Waals surface area contributed by atoms with Gasteiger partial charge in [0.25, 0.3) is 5.91 Å². The van der Waals surface area contributed by atoms with Crippen molar-refractivity contribution >= 4 is 40.7 Å².